The van der Waals surface area contributed by atoms with E-state index in [1.54, 1.807) is 12.1 Å². The van der Waals surface area contributed by atoms with Crippen LogP contribution in [0, 0.1) is 12.8 Å². The third-order valence-corrected chi connectivity index (χ3v) is 6.65. The number of rotatable bonds is 5. The quantitative estimate of drug-likeness (QED) is 0.602. The fourth-order valence-corrected chi connectivity index (χ4v) is 4.82. The lowest BCUT2D eigenvalue weighted by Gasteiger charge is -2.23. The van der Waals surface area contributed by atoms with Gasteiger partial charge in [0, 0.05) is 47.0 Å². The van der Waals surface area contributed by atoms with Gasteiger partial charge >= 0.3 is 0 Å². The average molecular weight is 451 g/mol. The molecular formula is C26H34N4O3. The van der Waals surface area contributed by atoms with E-state index >= 15 is 0 Å². The number of para-hydroxylation sites is 1. The van der Waals surface area contributed by atoms with Crippen molar-refractivity contribution in [2.75, 3.05) is 31.2 Å². The number of hydrogen-bond acceptors (Lipinski definition) is 6. The van der Waals surface area contributed by atoms with Gasteiger partial charge in [-0.3, -0.25) is 4.79 Å². The Morgan fingerprint density at radius 3 is 2.82 bits per heavy atom. The van der Waals surface area contributed by atoms with Gasteiger partial charge in [-0.05, 0) is 61.9 Å². The lowest BCUT2D eigenvalue weighted by molar-refractivity contribution is -0.123. The first-order valence-corrected chi connectivity index (χ1v) is 11.8. The molecule has 2 fully saturated rings. The monoisotopic (exact) mass is 450 g/mol. The molecule has 7 nitrogen and oxygen atoms in total. The minimum Gasteiger partial charge on any atom is -0.507 e. The second kappa shape index (κ2) is 9.35. The number of nitrogens with one attached hydrogen (secondary N) is 1. The Morgan fingerprint density at radius 1 is 1.18 bits per heavy atom. The highest BCUT2D eigenvalue weighted by atomic mass is 16.5. The van der Waals surface area contributed by atoms with Crippen LogP contribution in [0.1, 0.15) is 34.1 Å². The van der Waals surface area contributed by atoms with Crippen molar-refractivity contribution < 1.29 is 17.5 Å². The third kappa shape index (κ3) is 4.78. The van der Waals surface area contributed by atoms with E-state index in [1.807, 2.05) is 25.1 Å². The summed E-state index contributed by atoms with van der Waals surface area (Å²) in [7, 11) is 0. The Balaban J connectivity index is 0.00000171. The molecule has 2 aliphatic heterocycles. The predicted molar refractivity (Wildman–Crippen MR) is 133 cm³/mol. The molecule has 0 saturated carbocycles. The smallest absolute Gasteiger partial charge is 0.220 e. The molecule has 2 N–H and O–H groups in total. The van der Waals surface area contributed by atoms with Gasteiger partial charge in [0.25, 0.3) is 0 Å². The molecule has 33 heavy (non-hydrogen) atoms. The number of ether oxygens (including phenoxy) is 1. The van der Waals surface area contributed by atoms with E-state index in [4.69, 9.17) is 14.7 Å². The van der Waals surface area contributed by atoms with Crippen LogP contribution in [0.3, 0.4) is 0 Å². The molecule has 0 spiro atoms. The van der Waals surface area contributed by atoms with Gasteiger partial charge < -0.3 is 20.1 Å². The van der Waals surface area contributed by atoms with E-state index in [0.29, 0.717) is 30.3 Å². The van der Waals surface area contributed by atoms with Gasteiger partial charge in [-0.2, -0.15) is 0 Å². The predicted octanol–water partition coefficient (Wildman–Crippen LogP) is 4.31. The zero-order valence-corrected chi connectivity index (χ0v) is 19.0. The molecule has 3 heterocycles. The van der Waals surface area contributed by atoms with Gasteiger partial charge in [-0.15, -0.1) is 0 Å². The Hall–Kier alpha value is -3.19. The van der Waals surface area contributed by atoms with Gasteiger partial charge in [0.15, 0.2) is 5.82 Å². The molecule has 7 heteroatoms. The van der Waals surface area contributed by atoms with Crippen LogP contribution in [0.15, 0.2) is 42.5 Å². The van der Waals surface area contributed by atoms with Gasteiger partial charge in [-0.1, -0.05) is 18.2 Å². The van der Waals surface area contributed by atoms with Crippen LogP contribution in [0.2, 0.25) is 0 Å². The van der Waals surface area contributed by atoms with Crippen LogP contribution in [0.25, 0.3) is 22.3 Å². The molecule has 2 aromatic carbocycles. The van der Waals surface area contributed by atoms with E-state index < -0.39 is 0 Å². The molecule has 1 amide bonds. The largest absolute Gasteiger partial charge is 0.507 e. The first-order chi connectivity index (χ1) is 16.1. The number of amides is 1. The lowest BCUT2D eigenvalue weighted by atomic mass is 9.96. The Morgan fingerprint density at radius 2 is 2.00 bits per heavy atom. The van der Waals surface area contributed by atoms with E-state index in [9.17, 15) is 9.90 Å². The summed E-state index contributed by atoms with van der Waals surface area (Å²) in [5.74, 6) is 2.07. The second-order valence-corrected chi connectivity index (χ2v) is 9.17. The molecule has 0 aliphatic carbocycles. The summed E-state index contributed by atoms with van der Waals surface area (Å²) in [6, 6.07) is 13.4. The maximum atomic E-state index is 12.6. The number of nitrogens with zero attached hydrogens (tertiary/aromatic N) is 3. The summed E-state index contributed by atoms with van der Waals surface area (Å²) >= 11 is 0. The molecule has 2 aliphatic rings. The number of phenols is 1. The van der Waals surface area contributed by atoms with E-state index in [2.05, 4.69) is 22.3 Å². The number of phenolic OH excluding ortho intramolecular Hbond substituents is 1. The van der Waals surface area contributed by atoms with E-state index in [0.717, 1.165) is 61.3 Å². The molecule has 0 radical (unpaired) electrons. The summed E-state index contributed by atoms with van der Waals surface area (Å²) in [5.41, 5.74) is 2.59. The number of aromatic nitrogens is 2. The minimum atomic E-state index is 0. The van der Waals surface area contributed by atoms with Crippen molar-refractivity contribution in [1.29, 1.82) is 0 Å². The number of carbonyl (C=O) groups is 1. The fourth-order valence-electron chi connectivity index (χ4n) is 4.82. The van der Waals surface area contributed by atoms with Crippen molar-refractivity contribution >= 4 is 22.6 Å². The molecule has 0 bridgehead atoms. The summed E-state index contributed by atoms with van der Waals surface area (Å²) < 4.78 is 5.40. The number of anilines is 1. The van der Waals surface area contributed by atoms with Crippen molar-refractivity contribution in [3.8, 4) is 17.1 Å². The molecule has 1 aromatic heterocycles. The van der Waals surface area contributed by atoms with Gasteiger partial charge in [0.1, 0.15) is 11.6 Å². The maximum Gasteiger partial charge on any atom is 0.220 e. The minimum absolute atomic E-state index is 0. The highest BCUT2D eigenvalue weighted by Gasteiger charge is 2.28. The van der Waals surface area contributed by atoms with Crippen molar-refractivity contribution in [3.63, 3.8) is 0 Å². The average Bonchev–Trinajstić information content (AvgIpc) is 3.27. The Labute approximate surface area is 196 Å². The Kier molecular flexibility index (Phi) is 6.13. The number of fused-ring (bicyclic) bond motifs is 1. The highest BCUT2D eigenvalue weighted by Crippen LogP contribution is 2.33. The fraction of sp³-hybridized carbons (Fsp3) is 0.423. The number of carbonyl (C=O) groups excluding carboxylic acids is 1. The van der Waals surface area contributed by atoms with Crippen molar-refractivity contribution in [1.82, 2.24) is 15.3 Å². The van der Waals surface area contributed by atoms with Crippen LogP contribution < -0.4 is 10.2 Å². The zero-order chi connectivity index (χ0) is 22.8. The first-order valence-electron chi connectivity index (χ1n) is 11.8. The normalized spacial score (nSPS) is 19.2. The van der Waals surface area contributed by atoms with Gasteiger partial charge in [0.05, 0.1) is 11.1 Å². The maximum absolute atomic E-state index is 12.6. The van der Waals surface area contributed by atoms with E-state index in [-0.39, 0.29) is 20.6 Å². The van der Waals surface area contributed by atoms with Crippen molar-refractivity contribution in [3.05, 3.63) is 48.0 Å². The number of hydrogen-bond donors (Lipinski definition) is 2. The number of aryl methyl sites for hydroxylation is 1. The zero-order valence-electron chi connectivity index (χ0n) is 19.0. The van der Waals surface area contributed by atoms with Crippen LogP contribution >= 0.6 is 0 Å². The molecule has 2 saturated heterocycles. The van der Waals surface area contributed by atoms with Crippen LogP contribution in [0.5, 0.6) is 5.75 Å². The lowest BCUT2D eigenvalue weighted by Crippen LogP contribution is -2.38. The summed E-state index contributed by atoms with van der Waals surface area (Å²) in [4.78, 5) is 24.5. The first kappa shape index (κ1) is 21.6. The number of aromatic hydroxyl groups is 1. The molecule has 176 valence electrons. The summed E-state index contributed by atoms with van der Waals surface area (Å²) in [6.45, 7) is 5.08. The van der Waals surface area contributed by atoms with Gasteiger partial charge in [-0.25, -0.2) is 9.97 Å². The topological polar surface area (TPSA) is 87.6 Å². The molecule has 3 aromatic rings. The van der Waals surface area contributed by atoms with E-state index in [1.165, 1.54) is 0 Å². The van der Waals surface area contributed by atoms with Crippen molar-refractivity contribution in [2.45, 2.75) is 38.6 Å². The molecule has 5 rings (SSSR count). The molecular weight excluding hydrogens is 416 g/mol. The molecule has 0 unspecified atom stereocenters. The number of benzene rings is 2. The van der Waals surface area contributed by atoms with Crippen molar-refractivity contribution in [2.24, 2.45) is 5.92 Å². The van der Waals surface area contributed by atoms with Crippen LogP contribution in [-0.4, -0.2) is 53.3 Å². The highest BCUT2D eigenvalue weighted by molar-refractivity contribution is 5.92. The second-order valence-electron chi connectivity index (χ2n) is 9.17. The Bertz CT molecular complexity index is 1170. The SMILES string of the molecule is Cc1ccc2c(N3CC[C@@H](NC(=O)CC4CCOCC4)C3)nc(-c3ccccc3O)nc2c1.[HH].[HH]. The van der Waals surface area contributed by atoms with Crippen LogP contribution in [-0.2, 0) is 9.53 Å². The summed E-state index contributed by atoms with van der Waals surface area (Å²) in [5, 5.41) is 14.6. The van der Waals surface area contributed by atoms with Crippen LogP contribution in [0.4, 0.5) is 5.82 Å². The summed E-state index contributed by atoms with van der Waals surface area (Å²) in [6.07, 6.45) is 3.38. The standard InChI is InChI=1S/C26H30N4O3.2H2/c1-17-6-7-20-22(14-17)28-25(21-4-2-3-5-23(21)31)29-26(20)30-11-8-19(16-30)27-24(32)15-18-9-12-33-13-10-18;;/h2-7,14,18-19,31H,8-13,15-16H2,1H3,(H,27,32);2*1H/t19-;;/m1../s1. The molecule has 1 atom stereocenters. The third-order valence-electron chi connectivity index (χ3n) is 6.65. The van der Waals surface area contributed by atoms with Gasteiger partial charge in [0.2, 0.25) is 5.91 Å².